The second-order valence-electron chi connectivity index (χ2n) is 6.95. The minimum absolute atomic E-state index is 0.0718. The molecule has 2 amide bonds. The lowest BCUT2D eigenvalue weighted by molar-refractivity contribution is -0.146. The molecule has 28 heavy (non-hydrogen) atoms. The smallest absolute Gasteiger partial charge is 0.307 e. The number of carbonyl (C=O) groups excluding carboxylic acids is 2. The lowest BCUT2D eigenvalue weighted by Gasteiger charge is -2.23. The van der Waals surface area contributed by atoms with Crippen LogP contribution in [-0.4, -0.2) is 22.9 Å². The van der Waals surface area contributed by atoms with E-state index in [1.165, 1.54) is 11.3 Å². The molecule has 144 valence electrons. The van der Waals surface area contributed by atoms with E-state index < -0.39 is 17.8 Å². The molecule has 2 aliphatic rings. The number of benzene rings is 1. The van der Waals surface area contributed by atoms with Gasteiger partial charge in [-0.15, -0.1) is 11.3 Å². The van der Waals surface area contributed by atoms with E-state index in [0.29, 0.717) is 27.7 Å². The Morgan fingerprint density at radius 2 is 1.68 bits per heavy atom. The number of rotatable bonds is 5. The van der Waals surface area contributed by atoms with E-state index >= 15 is 0 Å². The topological polar surface area (TPSA) is 95.5 Å². The maximum Gasteiger partial charge on any atom is 0.307 e. The van der Waals surface area contributed by atoms with Gasteiger partial charge < -0.3 is 15.7 Å². The number of amides is 2. The van der Waals surface area contributed by atoms with E-state index in [-0.39, 0.29) is 23.7 Å². The number of carboxylic acid groups (broad SMARTS) is 1. The molecule has 3 N–H and O–H groups in total. The van der Waals surface area contributed by atoms with Gasteiger partial charge in [0.2, 0.25) is 5.91 Å². The molecule has 0 saturated heterocycles. The second-order valence-corrected chi connectivity index (χ2v) is 8.30. The molecule has 2 aromatic rings. The first-order chi connectivity index (χ1) is 13.4. The van der Waals surface area contributed by atoms with Crippen LogP contribution in [0.25, 0.3) is 0 Å². The number of allylic oxidation sites excluding steroid dienone is 2. The molecular weight excluding hydrogens is 400 g/mol. The van der Waals surface area contributed by atoms with Crippen molar-refractivity contribution in [3.05, 3.63) is 58.5 Å². The summed E-state index contributed by atoms with van der Waals surface area (Å²) >= 11 is 7.08. The van der Waals surface area contributed by atoms with Gasteiger partial charge in [0.15, 0.2) is 0 Å². The molecule has 1 heterocycles. The van der Waals surface area contributed by atoms with Gasteiger partial charge in [0, 0.05) is 10.7 Å². The van der Waals surface area contributed by atoms with Crippen LogP contribution in [0.4, 0.5) is 10.7 Å². The van der Waals surface area contributed by atoms with Crippen molar-refractivity contribution in [2.24, 2.45) is 23.7 Å². The molecule has 4 atom stereocenters. The van der Waals surface area contributed by atoms with Crippen LogP contribution in [-0.2, 0) is 9.59 Å². The Morgan fingerprint density at radius 3 is 2.36 bits per heavy atom. The fourth-order valence-corrected chi connectivity index (χ4v) is 4.94. The number of aliphatic carboxylic acids is 1. The zero-order valence-electron chi connectivity index (χ0n) is 14.6. The van der Waals surface area contributed by atoms with Crippen molar-refractivity contribution >= 4 is 51.4 Å². The van der Waals surface area contributed by atoms with Crippen LogP contribution in [0.2, 0.25) is 5.02 Å². The summed E-state index contributed by atoms with van der Waals surface area (Å²) in [5, 5.41) is 17.7. The molecule has 0 unspecified atom stereocenters. The first-order valence-corrected chi connectivity index (χ1v) is 10.1. The summed E-state index contributed by atoms with van der Waals surface area (Å²) in [7, 11) is 0. The Bertz CT molecular complexity index is 969. The molecule has 6 nitrogen and oxygen atoms in total. The van der Waals surface area contributed by atoms with Crippen LogP contribution in [0.5, 0.6) is 0 Å². The van der Waals surface area contributed by atoms with Gasteiger partial charge >= 0.3 is 5.97 Å². The molecule has 0 radical (unpaired) electrons. The minimum atomic E-state index is -0.955. The molecule has 2 bridgehead atoms. The molecule has 2 aliphatic carbocycles. The normalized spacial score (nSPS) is 24.9. The second kappa shape index (κ2) is 7.41. The van der Waals surface area contributed by atoms with Crippen molar-refractivity contribution in [1.29, 1.82) is 0 Å². The van der Waals surface area contributed by atoms with E-state index in [1.807, 2.05) is 12.2 Å². The molecular formula is C20H17ClN2O4S. The molecule has 8 heteroatoms. The largest absolute Gasteiger partial charge is 0.481 e. The molecule has 4 rings (SSSR count). The summed E-state index contributed by atoms with van der Waals surface area (Å²) in [5.74, 6) is -3.19. The molecule has 1 aromatic heterocycles. The summed E-state index contributed by atoms with van der Waals surface area (Å²) in [5.41, 5.74) is 0.918. The van der Waals surface area contributed by atoms with Crippen molar-refractivity contribution < 1.29 is 19.5 Å². The Hall–Kier alpha value is -2.64. The fraction of sp³-hybridized carbons (Fsp3) is 0.250. The van der Waals surface area contributed by atoms with E-state index in [0.717, 1.165) is 0 Å². The number of carbonyl (C=O) groups is 3. The zero-order chi connectivity index (χ0) is 19.8. The van der Waals surface area contributed by atoms with Gasteiger partial charge in [-0.2, -0.15) is 0 Å². The Balaban J connectivity index is 1.49. The third-order valence-corrected chi connectivity index (χ3v) is 6.38. The fourth-order valence-electron chi connectivity index (χ4n) is 4.03. The minimum Gasteiger partial charge on any atom is -0.481 e. The summed E-state index contributed by atoms with van der Waals surface area (Å²) in [6.45, 7) is 0. The number of hydrogen-bond acceptors (Lipinski definition) is 4. The lowest BCUT2D eigenvalue weighted by Crippen LogP contribution is -2.36. The number of halogens is 1. The van der Waals surface area contributed by atoms with E-state index in [1.54, 1.807) is 35.7 Å². The van der Waals surface area contributed by atoms with E-state index in [2.05, 4.69) is 10.6 Å². The highest BCUT2D eigenvalue weighted by Crippen LogP contribution is 2.48. The Labute approximate surface area is 170 Å². The molecule has 0 spiro atoms. The quantitative estimate of drug-likeness (QED) is 0.639. The monoisotopic (exact) mass is 416 g/mol. The molecule has 0 aliphatic heterocycles. The highest BCUT2D eigenvalue weighted by Gasteiger charge is 2.51. The van der Waals surface area contributed by atoms with Gasteiger partial charge in [-0.25, -0.2) is 0 Å². The average molecular weight is 417 g/mol. The van der Waals surface area contributed by atoms with E-state index in [4.69, 9.17) is 11.6 Å². The van der Waals surface area contributed by atoms with Gasteiger partial charge in [0.1, 0.15) is 5.00 Å². The van der Waals surface area contributed by atoms with Crippen LogP contribution >= 0.6 is 22.9 Å². The van der Waals surface area contributed by atoms with Crippen LogP contribution in [0.3, 0.4) is 0 Å². The predicted molar refractivity (Wildman–Crippen MR) is 108 cm³/mol. The van der Waals surface area contributed by atoms with Gasteiger partial charge in [0.05, 0.1) is 17.4 Å². The lowest BCUT2D eigenvalue weighted by atomic mass is 9.82. The zero-order valence-corrected chi connectivity index (χ0v) is 16.2. The SMILES string of the molecule is O=C(Nc1ccc(Cl)cc1)c1ccsc1NC(=O)[C@@H]1[C@H](C(=O)O)[C@@H]2C=C[C@H]1C2. The van der Waals surface area contributed by atoms with Crippen molar-refractivity contribution in [2.75, 3.05) is 10.6 Å². The first-order valence-electron chi connectivity index (χ1n) is 8.80. The van der Waals surface area contributed by atoms with E-state index in [9.17, 15) is 19.5 Å². The van der Waals surface area contributed by atoms with Crippen LogP contribution in [0.15, 0.2) is 47.9 Å². The highest BCUT2D eigenvalue weighted by molar-refractivity contribution is 7.14. The van der Waals surface area contributed by atoms with Crippen molar-refractivity contribution in [3.8, 4) is 0 Å². The molecule has 1 saturated carbocycles. The third-order valence-electron chi connectivity index (χ3n) is 5.30. The number of anilines is 2. The van der Waals surface area contributed by atoms with Crippen LogP contribution < -0.4 is 10.6 Å². The van der Waals surface area contributed by atoms with Crippen molar-refractivity contribution in [3.63, 3.8) is 0 Å². The van der Waals surface area contributed by atoms with Gasteiger partial charge in [-0.05, 0) is 54.0 Å². The van der Waals surface area contributed by atoms with Crippen LogP contribution in [0.1, 0.15) is 16.8 Å². The average Bonchev–Trinajstić information content (AvgIpc) is 3.38. The van der Waals surface area contributed by atoms with Gasteiger partial charge in [-0.1, -0.05) is 23.8 Å². The number of hydrogen-bond donors (Lipinski definition) is 3. The summed E-state index contributed by atoms with van der Waals surface area (Å²) < 4.78 is 0. The summed E-state index contributed by atoms with van der Waals surface area (Å²) in [6.07, 6.45) is 4.50. The Morgan fingerprint density at radius 1 is 1.00 bits per heavy atom. The van der Waals surface area contributed by atoms with Crippen molar-refractivity contribution in [1.82, 2.24) is 0 Å². The van der Waals surface area contributed by atoms with Crippen LogP contribution in [0, 0.1) is 23.7 Å². The predicted octanol–water partition coefficient (Wildman–Crippen LogP) is 4.12. The van der Waals surface area contributed by atoms with Gasteiger partial charge in [0.25, 0.3) is 5.91 Å². The Kier molecular flexibility index (Phi) is 4.95. The highest BCUT2D eigenvalue weighted by atomic mass is 35.5. The number of thiophene rings is 1. The summed E-state index contributed by atoms with van der Waals surface area (Å²) in [4.78, 5) is 37.1. The third kappa shape index (κ3) is 3.43. The van der Waals surface area contributed by atoms with Crippen molar-refractivity contribution in [2.45, 2.75) is 6.42 Å². The number of fused-ring (bicyclic) bond motifs is 2. The first kappa shape index (κ1) is 18.7. The maximum atomic E-state index is 12.8. The molecule has 1 aromatic carbocycles. The van der Waals surface area contributed by atoms with Gasteiger partial charge in [-0.3, -0.25) is 14.4 Å². The summed E-state index contributed by atoms with van der Waals surface area (Å²) in [6, 6.07) is 8.33. The maximum absolute atomic E-state index is 12.8. The standard InChI is InChI=1S/C20H17ClN2O4S/c21-12-3-5-13(6-4-12)22-17(24)14-7-8-28-19(14)23-18(25)15-10-1-2-11(9-10)16(15)20(26)27/h1-8,10-11,15-16H,9H2,(H,22,24)(H,23,25)(H,26,27)/t10-,11+,15-,16+/m0/s1. The number of carboxylic acids is 1. The molecule has 1 fully saturated rings. The number of nitrogens with one attached hydrogen (secondary N) is 2.